The molecule has 4 amide bonds. The summed E-state index contributed by atoms with van der Waals surface area (Å²) in [6.45, 7) is 2.92. The van der Waals surface area contributed by atoms with Crippen molar-refractivity contribution in [3.8, 4) is 0 Å². The van der Waals surface area contributed by atoms with E-state index in [1.165, 1.54) is 38.1 Å². The first kappa shape index (κ1) is 30.3. The number of ether oxygens (including phenoxy) is 1. The van der Waals surface area contributed by atoms with E-state index in [0.29, 0.717) is 5.69 Å². The Labute approximate surface area is 236 Å². The third-order valence-corrected chi connectivity index (χ3v) is 5.95. The minimum atomic E-state index is -1.04. The molecule has 41 heavy (non-hydrogen) atoms. The molecule has 0 saturated heterocycles. The third-order valence-electron chi connectivity index (χ3n) is 5.95. The number of nitrogens with zero attached hydrogens (tertiary/aromatic N) is 1. The van der Waals surface area contributed by atoms with Gasteiger partial charge in [0.2, 0.25) is 17.7 Å². The van der Waals surface area contributed by atoms with E-state index < -0.39 is 46.9 Å². The molecular weight excluding hydrogens is 530 g/mol. The summed E-state index contributed by atoms with van der Waals surface area (Å²) >= 11 is 0. The Balaban J connectivity index is 1.57. The summed E-state index contributed by atoms with van der Waals surface area (Å²) in [5, 5.41) is 21.1. The molecule has 0 radical (unpaired) electrons. The molecule has 0 aromatic heterocycles. The molecule has 12 nitrogen and oxygen atoms in total. The van der Waals surface area contributed by atoms with Gasteiger partial charge in [-0.25, -0.2) is 4.79 Å². The topological polar surface area (TPSA) is 169 Å². The van der Waals surface area contributed by atoms with Gasteiger partial charge in [0.05, 0.1) is 4.92 Å². The van der Waals surface area contributed by atoms with E-state index >= 15 is 0 Å². The van der Waals surface area contributed by atoms with Crippen LogP contribution < -0.4 is 21.3 Å². The van der Waals surface area contributed by atoms with Crippen molar-refractivity contribution in [1.82, 2.24) is 16.0 Å². The van der Waals surface area contributed by atoms with Gasteiger partial charge >= 0.3 is 6.09 Å². The number of nitrogens with one attached hydrogen (secondary N) is 4. The normalized spacial score (nSPS) is 12.6. The second kappa shape index (κ2) is 14.8. The Bertz CT molecular complexity index is 1350. The smallest absolute Gasteiger partial charge is 0.408 e. The fourth-order valence-corrected chi connectivity index (χ4v) is 3.66. The van der Waals surface area contributed by atoms with Crippen molar-refractivity contribution in [3.63, 3.8) is 0 Å². The average Bonchev–Trinajstić information content (AvgIpc) is 2.97. The molecule has 0 saturated carbocycles. The highest BCUT2D eigenvalue weighted by atomic mass is 16.6. The van der Waals surface area contributed by atoms with Crippen LogP contribution in [-0.4, -0.2) is 46.9 Å². The number of anilines is 1. The largest absolute Gasteiger partial charge is 0.445 e. The molecule has 0 heterocycles. The summed E-state index contributed by atoms with van der Waals surface area (Å²) in [6.07, 6.45) is -0.642. The lowest BCUT2D eigenvalue weighted by Gasteiger charge is -2.22. The van der Waals surface area contributed by atoms with E-state index in [-0.39, 0.29) is 18.7 Å². The van der Waals surface area contributed by atoms with E-state index in [0.717, 1.165) is 11.1 Å². The van der Waals surface area contributed by atoms with Crippen LogP contribution in [0.15, 0.2) is 84.9 Å². The van der Waals surface area contributed by atoms with Crippen LogP contribution in [0.1, 0.15) is 25.0 Å². The van der Waals surface area contributed by atoms with Gasteiger partial charge in [-0.1, -0.05) is 60.7 Å². The monoisotopic (exact) mass is 561 g/mol. The van der Waals surface area contributed by atoms with Gasteiger partial charge < -0.3 is 26.0 Å². The van der Waals surface area contributed by atoms with Crippen molar-refractivity contribution in [2.24, 2.45) is 0 Å². The van der Waals surface area contributed by atoms with Crippen LogP contribution in [0.2, 0.25) is 0 Å². The maximum atomic E-state index is 13.1. The number of non-ortho nitro benzene ring substituents is 1. The highest BCUT2D eigenvalue weighted by Gasteiger charge is 2.26. The molecule has 0 spiro atoms. The fraction of sp³-hybridized carbons (Fsp3) is 0.241. The molecule has 12 heteroatoms. The van der Waals surface area contributed by atoms with Crippen LogP contribution in [0, 0.1) is 10.1 Å². The van der Waals surface area contributed by atoms with Gasteiger partial charge in [-0.05, 0) is 37.1 Å². The number of amides is 4. The van der Waals surface area contributed by atoms with Gasteiger partial charge in [0.1, 0.15) is 24.7 Å². The van der Waals surface area contributed by atoms with E-state index in [4.69, 9.17) is 4.74 Å². The minimum Gasteiger partial charge on any atom is -0.445 e. The Kier molecular flexibility index (Phi) is 10.9. The zero-order valence-corrected chi connectivity index (χ0v) is 22.5. The van der Waals surface area contributed by atoms with Crippen molar-refractivity contribution in [1.29, 1.82) is 0 Å². The van der Waals surface area contributed by atoms with Gasteiger partial charge in [-0.15, -0.1) is 0 Å². The highest BCUT2D eigenvalue weighted by molar-refractivity contribution is 5.99. The van der Waals surface area contributed by atoms with E-state index in [2.05, 4.69) is 21.3 Å². The molecule has 0 fully saturated rings. The van der Waals surface area contributed by atoms with Crippen molar-refractivity contribution in [2.45, 2.75) is 45.0 Å². The van der Waals surface area contributed by atoms with E-state index in [1.54, 1.807) is 36.4 Å². The fourth-order valence-electron chi connectivity index (χ4n) is 3.66. The van der Waals surface area contributed by atoms with Crippen LogP contribution in [0.25, 0.3) is 0 Å². The molecular formula is C29H31N5O7. The van der Waals surface area contributed by atoms with Gasteiger partial charge in [0.15, 0.2) is 0 Å². The number of hydrogen-bond acceptors (Lipinski definition) is 7. The molecule has 0 bridgehead atoms. The number of nitro groups is 1. The number of carbonyl (C=O) groups is 4. The molecule has 214 valence electrons. The molecule has 0 aliphatic heterocycles. The SMILES string of the molecule is C[C@H](NC(=O)OCc1ccccc1)C(=O)N[C@@H](C)C(=O)N[C@@H](Cc1ccccc1)C(=O)Nc1ccc([N+](=O)[O-])cc1. The first-order valence-electron chi connectivity index (χ1n) is 12.8. The molecule has 3 rings (SSSR count). The molecule has 4 N–H and O–H groups in total. The zero-order valence-electron chi connectivity index (χ0n) is 22.5. The first-order chi connectivity index (χ1) is 19.6. The van der Waals surface area contributed by atoms with Crippen LogP contribution in [-0.2, 0) is 32.1 Å². The van der Waals surface area contributed by atoms with Crippen molar-refractivity contribution in [3.05, 3.63) is 106 Å². The van der Waals surface area contributed by atoms with Crippen LogP contribution in [0.3, 0.4) is 0 Å². The maximum Gasteiger partial charge on any atom is 0.408 e. The summed E-state index contributed by atoms with van der Waals surface area (Å²) in [4.78, 5) is 61.1. The number of benzene rings is 3. The lowest BCUT2D eigenvalue weighted by Crippen LogP contribution is -2.55. The standard InChI is InChI=1S/C29H31N5O7/c1-19(30-26(35)20(2)31-29(38)41-18-22-11-7-4-8-12-22)27(36)33-25(17-21-9-5-3-6-10-21)28(37)32-23-13-15-24(16-14-23)34(39)40/h3-16,19-20,25H,17-18H2,1-2H3,(H,30,35)(H,31,38)(H,32,37)(H,33,36)/t19-,20-,25-/m0/s1. The maximum absolute atomic E-state index is 13.1. The lowest BCUT2D eigenvalue weighted by molar-refractivity contribution is -0.384. The second-order valence-corrected chi connectivity index (χ2v) is 9.20. The van der Waals surface area contributed by atoms with Gasteiger partial charge in [0.25, 0.3) is 5.69 Å². The summed E-state index contributed by atoms with van der Waals surface area (Å²) in [5.41, 5.74) is 1.75. The summed E-state index contributed by atoms with van der Waals surface area (Å²) in [5.74, 6) is -1.80. The van der Waals surface area contributed by atoms with Crippen molar-refractivity contribution in [2.75, 3.05) is 5.32 Å². The number of alkyl carbamates (subject to hydrolysis) is 1. The Hall–Kier alpha value is -5.26. The molecule has 0 unspecified atom stereocenters. The molecule has 3 aromatic carbocycles. The number of carbonyl (C=O) groups excluding carboxylic acids is 4. The minimum absolute atomic E-state index is 0.0323. The molecule has 0 aliphatic carbocycles. The average molecular weight is 562 g/mol. The van der Waals surface area contributed by atoms with Crippen molar-refractivity contribution >= 4 is 35.2 Å². The summed E-state index contributed by atoms with van der Waals surface area (Å²) < 4.78 is 5.12. The van der Waals surface area contributed by atoms with E-state index in [9.17, 15) is 29.3 Å². The molecule has 0 aliphatic rings. The van der Waals surface area contributed by atoms with Gasteiger partial charge in [0, 0.05) is 24.2 Å². The van der Waals surface area contributed by atoms with Gasteiger partial charge in [-0.2, -0.15) is 0 Å². The molecule has 3 aromatic rings. The molecule has 3 atom stereocenters. The zero-order chi connectivity index (χ0) is 29.8. The Morgan fingerprint density at radius 3 is 1.85 bits per heavy atom. The summed E-state index contributed by atoms with van der Waals surface area (Å²) in [7, 11) is 0. The Morgan fingerprint density at radius 1 is 0.732 bits per heavy atom. The van der Waals surface area contributed by atoms with Crippen LogP contribution >= 0.6 is 0 Å². The quantitative estimate of drug-likeness (QED) is 0.195. The van der Waals surface area contributed by atoms with E-state index in [1.807, 2.05) is 24.3 Å². The number of hydrogen-bond donors (Lipinski definition) is 4. The first-order valence-corrected chi connectivity index (χ1v) is 12.8. The Morgan fingerprint density at radius 2 is 1.27 bits per heavy atom. The lowest BCUT2D eigenvalue weighted by atomic mass is 10.0. The number of nitro benzene ring substituents is 1. The number of rotatable bonds is 12. The van der Waals surface area contributed by atoms with Crippen molar-refractivity contribution < 1.29 is 28.8 Å². The van der Waals surface area contributed by atoms with Gasteiger partial charge in [-0.3, -0.25) is 24.5 Å². The predicted molar refractivity (Wildman–Crippen MR) is 151 cm³/mol. The predicted octanol–water partition coefficient (Wildman–Crippen LogP) is 3.08. The van der Waals surface area contributed by atoms with Crippen LogP contribution in [0.5, 0.6) is 0 Å². The second-order valence-electron chi connectivity index (χ2n) is 9.20. The summed E-state index contributed by atoms with van der Waals surface area (Å²) in [6, 6.07) is 20.3. The van der Waals surface area contributed by atoms with Crippen LogP contribution in [0.4, 0.5) is 16.2 Å². The highest BCUT2D eigenvalue weighted by Crippen LogP contribution is 2.16. The third kappa shape index (κ3) is 9.77.